The SMILES string of the molecule is CS(=O)(=O)N1CCOCC1C(=O)Nc1ccc(S(=O)(=O)N2CCN(c3nc(Cl)cs3)CC2)nn1. The molecule has 1 unspecified atom stereocenters. The van der Waals surface area contributed by atoms with Gasteiger partial charge in [0.1, 0.15) is 11.2 Å². The molecular weight excluding hydrogens is 530 g/mol. The van der Waals surface area contributed by atoms with E-state index in [4.69, 9.17) is 16.3 Å². The molecule has 4 rings (SSSR count). The molecule has 2 aromatic heterocycles. The molecule has 0 aromatic carbocycles. The van der Waals surface area contributed by atoms with Crippen LogP contribution in [0.15, 0.2) is 22.5 Å². The highest BCUT2D eigenvalue weighted by molar-refractivity contribution is 7.89. The first kappa shape index (κ1) is 25.2. The maximum absolute atomic E-state index is 13.0. The van der Waals surface area contributed by atoms with Gasteiger partial charge in [0.05, 0.1) is 19.5 Å². The van der Waals surface area contributed by atoms with Gasteiger partial charge in [0.2, 0.25) is 15.9 Å². The third-order valence-corrected chi connectivity index (χ3v) is 9.58. The van der Waals surface area contributed by atoms with Crippen LogP contribution in [-0.2, 0) is 29.6 Å². The molecule has 2 fully saturated rings. The van der Waals surface area contributed by atoms with Crippen molar-refractivity contribution in [1.29, 1.82) is 0 Å². The molecule has 2 aromatic rings. The molecule has 2 aliphatic rings. The normalized spacial score (nSPS) is 20.9. The molecule has 0 radical (unpaired) electrons. The lowest BCUT2D eigenvalue weighted by molar-refractivity contribution is -0.123. The highest BCUT2D eigenvalue weighted by atomic mass is 35.5. The fourth-order valence-corrected chi connectivity index (χ4v) is 6.89. The van der Waals surface area contributed by atoms with E-state index in [0.717, 1.165) is 15.7 Å². The number of piperazine rings is 1. The molecular formula is C17H22ClN7O6S3. The summed E-state index contributed by atoms with van der Waals surface area (Å²) in [5.74, 6) is -0.651. The molecule has 34 heavy (non-hydrogen) atoms. The zero-order valence-electron chi connectivity index (χ0n) is 18.0. The van der Waals surface area contributed by atoms with Crippen LogP contribution in [0.2, 0.25) is 5.15 Å². The van der Waals surface area contributed by atoms with Crippen LogP contribution in [0, 0.1) is 0 Å². The second-order valence-electron chi connectivity index (χ2n) is 7.55. The second-order valence-corrected chi connectivity index (χ2v) is 12.6. The molecule has 1 N–H and O–H groups in total. The van der Waals surface area contributed by atoms with Crippen LogP contribution in [0.1, 0.15) is 0 Å². The molecule has 13 nitrogen and oxygen atoms in total. The van der Waals surface area contributed by atoms with Crippen molar-refractivity contribution < 1.29 is 26.4 Å². The van der Waals surface area contributed by atoms with Gasteiger partial charge in [0, 0.05) is 38.1 Å². The molecule has 1 amide bonds. The van der Waals surface area contributed by atoms with Gasteiger partial charge in [0.25, 0.3) is 10.0 Å². The number of nitrogens with zero attached hydrogens (tertiary/aromatic N) is 6. The van der Waals surface area contributed by atoms with E-state index in [1.807, 2.05) is 4.90 Å². The highest BCUT2D eigenvalue weighted by Gasteiger charge is 2.36. The van der Waals surface area contributed by atoms with E-state index < -0.39 is 32.0 Å². The van der Waals surface area contributed by atoms with Crippen LogP contribution in [0.25, 0.3) is 0 Å². The van der Waals surface area contributed by atoms with Crippen molar-refractivity contribution in [2.24, 2.45) is 0 Å². The summed E-state index contributed by atoms with van der Waals surface area (Å²) in [5.41, 5.74) is 0. The van der Waals surface area contributed by atoms with E-state index in [9.17, 15) is 21.6 Å². The Labute approximate surface area is 205 Å². The number of nitrogens with one attached hydrogen (secondary N) is 1. The summed E-state index contributed by atoms with van der Waals surface area (Å²) in [5, 5.41) is 12.6. The van der Waals surface area contributed by atoms with Gasteiger partial charge in [-0.1, -0.05) is 11.6 Å². The van der Waals surface area contributed by atoms with Gasteiger partial charge in [-0.25, -0.2) is 21.8 Å². The van der Waals surface area contributed by atoms with Crippen molar-refractivity contribution in [3.8, 4) is 0 Å². The van der Waals surface area contributed by atoms with Crippen LogP contribution in [-0.4, -0.2) is 105 Å². The van der Waals surface area contributed by atoms with E-state index in [2.05, 4.69) is 20.5 Å². The van der Waals surface area contributed by atoms with Crippen molar-refractivity contribution in [3.63, 3.8) is 0 Å². The predicted molar refractivity (Wildman–Crippen MR) is 125 cm³/mol. The van der Waals surface area contributed by atoms with Crippen LogP contribution in [0.4, 0.5) is 10.9 Å². The summed E-state index contributed by atoms with van der Waals surface area (Å²) >= 11 is 7.26. The zero-order valence-corrected chi connectivity index (χ0v) is 21.2. The van der Waals surface area contributed by atoms with E-state index in [1.165, 1.54) is 27.8 Å². The van der Waals surface area contributed by atoms with Gasteiger partial charge in [-0.2, -0.15) is 8.61 Å². The number of hydrogen-bond donors (Lipinski definition) is 1. The van der Waals surface area contributed by atoms with E-state index >= 15 is 0 Å². The Balaban J connectivity index is 1.39. The van der Waals surface area contributed by atoms with E-state index in [0.29, 0.717) is 18.2 Å². The average molecular weight is 552 g/mol. The van der Waals surface area contributed by atoms with Gasteiger partial charge in [-0.05, 0) is 12.1 Å². The smallest absolute Gasteiger partial charge is 0.262 e. The van der Waals surface area contributed by atoms with Crippen molar-refractivity contribution in [1.82, 2.24) is 23.8 Å². The van der Waals surface area contributed by atoms with E-state index in [1.54, 1.807) is 5.38 Å². The van der Waals surface area contributed by atoms with Gasteiger partial charge < -0.3 is 15.0 Å². The molecule has 2 aliphatic heterocycles. The first-order chi connectivity index (χ1) is 16.1. The monoisotopic (exact) mass is 551 g/mol. The zero-order chi connectivity index (χ0) is 24.5. The number of sulfonamides is 2. The van der Waals surface area contributed by atoms with Crippen molar-refractivity contribution in [2.45, 2.75) is 11.1 Å². The van der Waals surface area contributed by atoms with Crippen LogP contribution < -0.4 is 10.2 Å². The first-order valence-electron chi connectivity index (χ1n) is 10.1. The molecule has 0 spiro atoms. The van der Waals surface area contributed by atoms with Crippen LogP contribution >= 0.6 is 22.9 Å². The minimum Gasteiger partial charge on any atom is -0.378 e. The molecule has 0 saturated carbocycles. The number of aromatic nitrogens is 3. The lowest BCUT2D eigenvalue weighted by Gasteiger charge is -2.33. The summed E-state index contributed by atoms with van der Waals surface area (Å²) < 4.78 is 57.4. The molecule has 1 atom stereocenters. The minimum atomic E-state index is -3.89. The van der Waals surface area contributed by atoms with Crippen LogP contribution in [0.3, 0.4) is 0 Å². The summed E-state index contributed by atoms with van der Waals surface area (Å²) in [6.07, 6.45) is 1.02. The van der Waals surface area contributed by atoms with Gasteiger partial charge >= 0.3 is 0 Å². The molecule has 4 heterocycles. The lowest BCUT2D eigenvalue weighted by atomic mass is 10.2. The standard InChI is InChI=1S/C17H22ClN7O6S3/c1-33(27,28)25-8-9-31-10-12(25)16(26)20-14-2-3-15(22-21-14)34(29,30)24-6-4-23(5-7-24)17-19-13(18)11-32-17/h2-3,11-12H,4-10H2,1H3,(H,20,21,26). The fraction of sp³-hybridized carbons (Fsp3) is 0.529. The number of amides is 1. The maximum Gasteiger partial charge on any atom is 0.262 e. The number of anilines is 2. The number of thiazole rings is 1. The average Bonchev–Trinajstić information content (AvgIpc) is 3.25. The molecule has 17 heteroatoms. The summed E-state index contributed by atoms with van der Waals surface area (Å²) in [6.45, 7) is 1.52. The highest BCUT2D eigenvalue weighted by Crippen LogP contribution is 2.25. The van der Waals surface area contributed by atoms with Gasteiger partial charge in [0.15, 0.2) is 16.0 Å². The Morgan fingerprint density at radius 1 is 1.15 bits per heavy atom. The van der Waals surface area contributed by atoms with Crippen molar-refractivity contribution in [2.75, 3.05) is 62.4 Å². The third-order valence-electron chi connectivity index (χ3n) is 5.28. The quantitative estimate of drug-likeness (QED) is 0.505. The third kappa shape index (κ3) is 5.48. The Hall–Kier alpha value is -1.95. The summed E-state index contributed by atoms with van der Waals surface area (Å²) in [7, 11) is -7.50. The van der Waals surface area contributed by atoms with Gasteiger partial charge in [-0.3, -0.25) is 4.79 Å². The van der Waals surface area contributed by atoms with Crippen LogP contribution in [0.5, 0.6) is 0 Å². The number of rotatable bonds is 6. The molecule has 2 saturated heterocycles. The number of halogens is 1. The predicted octanol–water partition coefficient (Wildman–Crippen LogP) is -0.304. The van der Waals surface area contributed by atoms with Gasteiger partial charge in [-0.15, -0.1) is 21.5 Å². The summed E-state index contributed by atoms with van der Waals surface area (Å²) in [6, 6.07) is 1.49. The summed E-state index contributed by atoms with van der Waals surface area (Å²) in [4.78, 5) is 18.8. The molecule has 186 valence electrons. The lowest BCUT2D eigenvalue weighted by Crippen LogP contribution is -2.53. The second kappa shape index (κ2) is 9.96. The number of morpholine rings is 1. The maximum atomic E-state index is 13.0. The molecule has 0 aliphatic carbocycles. The topological polar surface area (TPSA) is 155 Å². The Kier molecular flexibility index (Phi) is 7.37. The Bertz CT molecular complexity index is 1250. The number of ether oxygens (including phenoxy) is 1. The fourth-order valence-electron chi connectivity index (χ4n) is 3.57. The Morgan fingerprint density at radius 2 is 1.88 bits per heavy atom. The van der Waals surface area contributed by atoms with E-state index in [-0.39, 0.29) is 43.7 Å². The largest absolute Gasteiger partial charge is 0.378 e. The number of hydrogen-bond acceptors (Lipinski definition) is 11. The Morgan fingerprint density at radius 3 is 2.47 bits per heavy atom. The number of carbonyl (C=O) groups is 1. The first-order valence-corrected chi connectivity index (χ1v) is 14.7. The van der Waals surface area contributed by atoms with Crippen molar-refractivity contribution >= 4 is 59.8 Å². The minimum absolute atomic E-state index is 0.00607. The number of carbonyl (C=O) groups excluding carboxylic acids is 1. The molecule has 0 bridgehead atoms. The van der Waals surface area contributed by atoms with Crippen molar-refractivity contribution in [3.05, 3.63) is 22.7 Å².